The Labute approximate surface area is 105 Å². The molecule has 0 fully saturated rings. The Kier molecular flexibility index (Phi) is 3.62. The highest BCUT2D eigenvalue weighted by atomic mass is 16.5. The minimum absolute atomic E-state index is 0.266. The largest absolute Gasteiger partial charge is 0.460 e. The van der Waals surface area contributed by atoms with Gasteiger partial charge in [-0.15, -0.1) is 0 Å². The number of aromatic nitrogens is 2. The molecule has 5 nitrogen and oxygen atoms in total. The van der Waals surface area contributed by atoms with Crippen LogP contribution in [-0.2, 0) is 16.1 Å². The first kappa shape index (κ1) is 12.2. The van der Waals surface area contributed by atoms with Crippen molar-refractivity contribution in [3.63, 3.8) is 0 Å². The third-order valence-corrected chi connectivity index (χ3v) is 2.74. The molecule has 5 heteroatoms. The van der Waals surface area contributed by atoms with Gasteiger partial charge in [0.1, 0.15) is 12.4 Å². The number of anilines is 1. The van der Waals surface area contributed by atoms with E-state index in [1.807, 2.05) is 30.3 Å². The highest BCUT2D eigenvalue weighted by Crippen LogP contribution is 2.21. The first-order valence-electron chi connectivity index (χ1n) is 5.68. The highest BCUT2D eigenvalue weighted by molar-refractivity contribution is 5.79. The molecule has 1 aromatic heterocycles. The number of H-pyrrole nitrogens is 1. The zero-order valence-electron chi connectivity index (χ0n) is 10.1. The van der Waals surface area contributed by atoms with Crippen molar-refractivity contribution in [1.82, 2.24) is 10.2 Å². The monoisotopic (exact) mass is 245 g/mol. The minimum Gasteiger partial charge on any atom is -0.460 e. The van der Waals surface area contributed by atoms with E-state index in [1.54, 1.807) is 13.1 Å². The zero-order valence-corrected chi connectivity index (χ0v) is 10.1. The summed E-state index contributed by atoms with van der Waals surface area (Å²) in [7, 11) is 0. The SMILES string of the molecule is CC(C(=O)OCc1ccccc1)c1cn[nH]c1N. The number of carbonyl (C=O) groups excluding carboxylic acids is 1. The van der Waals surface area contributed by atoms with Gasteiger partial charge in [0.15, 0.2) is 0 Å². The molecule has 0 aliphatic rings. The number of rotatable bonds is 4. The minimum atomic E-state index is -0.424. The van der Waals surface area contributed by atoms with Crippen molar-refractivity contribution in [2.75, 3.05) is 5.73 Å². The van der Waals surface area contributed by atoms with Gasteiger partial charge in [-0.05, 0) is 12.5 Å². The van der Waals surface area contributed by atoms with Crippen molar-refractivity contribution in [2.45, 2.75) is 19.4 Å². The number of nitrogen functional groups attached to an aromatic ring is 1. The Bertz CT molecular complexity index is 522. The van der Waals surface area contributed by atoms with E-state index in [-0.39, 0.29) is 12.6 Å². The molecule has 0 spiro atoms. The average Bonchev–Trinajstić information content (AvgIpc) is 2.82. The number of benzene rings is 1. The highest BCUT2D eigenvalue weighted by Gasteiger charge is 2.20. The van der Waals surface area contributed by atoms with Gasteiger partial charge < -0.3 is 10.5 Å². The number of nitrogens with zero attached hydrogens (tertiary/aromatic N) is 1. The Morgan fingerprint density at radius 1 is 1.44 bits per heavy atom. The van der Waals surface area contributed by atoms with Gasteiger partial charge in [0.2, 0.25) is 0 Å². The van der Waals surface area contributed by atoms with E-state index in [2.05, 4.69) is 10.2 Å². The molecule has 0 aliphatic carbocycles. The van der Waals surface area contributed by atoms with Crippen LogP contribution in [0.3, 0.4) is 0 Å². The number of hydrogen-bond acceptors (Lipinski definition) is 4. The second kappa shape index (κ2) is 5.35. The lowest BCUT2D eigenvalue weighted by atomic mass is 10.1. The molecule has 3 N–H and O–H groups in total. The van der Waals surface area contributed by atoms with E-state index < -0.39 is 5.92 Å². The van der Waals surface area contributed by atoms with Crippen molar-refractivity contribution in [2.24, 2.45) is 0 Å². The van der Waals surface area contributed by atoms with Crippen LogP contribution in [0.4, 0.5) is 5.82 Å². The van der Waals surface area contributed by atoms with E-state index in [0.29, 0.717) is 11.4 Å². The predicted octanol–water partition coefficient (Wildman–Crippen LogP) is 1.84. The van der Waals surface area contributed by atoms with Crippen LogP contribution in [-0.4, -0.2) is 16.2 Å². The van der Waals surface area contributed by atoms with Crippen molar-refractivity contribution in [3.8, 4) is 0 Å². The topological polar surface area (TPSA) is 81.0 Å². The lowest BCUT2D eigenvalue weighted by Crippen LogP contribution is -2.13. The summed E-state index contributed by atoms with van der Waals surface area (Å²) in [5.74, 6) is -0.335. The standard InChI is InChI=1S/C13H15N3O2/c1-9(11-7-15-16-12(11)14)13(17)18-8-10-5-3-2-4-6-10/h2-7,9H,8H2,1H3,(H3,14,15,16). The molecule has 0 radical (unpaired) electrons. The molecule has 1 aromatic carbocycles. The third kappa shape index (κ3) is 2.68. The smallest absolute Gasteiger partial charge is 0.313 e. The quantitative estimate of drug-likeness (QED) is 0.805. The molecule has 1 unspecified atom stereocenters. The molecule has 0 saturated carbocycles. The lowest BCUT2D eigenvalue weighted by Gasteiger charge is -2.10. The Morgan fingerprint density at radius 3 is 2.78 bits per heavy atom. The normalized spacial score (nSPS) is 12.1. The summed E-state index contributed by atoms with van der Waals surface area (Å²) in [4.78, 5) is 11.8. The summed E-state index contributed by atoms with van der Waals surface area (Å²) < 4.78 is 5.23. The van der Waals surface area contributed by atoms with Crippen LogP contribution < -0.4 is 5.73 Å². The van der Waals surface area contributed by atoms with Crippen LogP contribution in [0, 0.1) is 0 Å². The van der Waals surface area contributed by atoms with Crippen LogP contribution in [0.1, 0.15) is 24.0 Å². The fourth-order valence-corrected chi connectivity index (χ4v) is 1.63. The molecule has 0 saturated heterocycles. The third-order valence-electron chi connectivity index (χ3n) is 2.74. The van der Waals surface area contributed by atoms with Crippen molar-refractivity contribution < 1.29 is 9.53 Å². The second-order valence-electron chi connectivity index (χ2n) is 4.05. The van der Waals surface area contributed by atoms with Gasteiger partial charge in [-0.3, -0.25) is 9.89 Å². The molecule has 94 valence electrons. The molecular formula is C13H15N3O2. The molecule has 1 heterocycles. The van der Waals surface area contributed by atoms with Gasteiger partial charge >= 0.3 is 5.97 Å². The van der Waals surface area contributed by atoms with E-state index in [0.717, 1.165) is 5.56 Å². The number of esters is 1. The Hall–Kier alpha value is -2.30. The summed E-state index contributed by atoms with van der Waals surface area (Å²) in [6.07, 6.45) is 1.55. The molecule has 2 rings (SSSR count). The molecule has 2 aromatic rings. The average molecular weight is 245 g/mol. The van der Waals surface area contributed by atoms with Gasteiger partial charge in [-0.1, -0.05) is 30.3 Å². The fourth-order valence-electron chi connectivity index (χ4n) is 1.63. The fraction of sp³-hybridized carbons (Fsp3) is 0.231. The lowest BCUT2D eigenvalue weighted by molar-refractivity contribution is -0.146. The van der Waals surface area contributed by atoms with Gasteiger partial charge in [0, 0.05) is 5.56 Å². The molecule has 18 heavy (non-hydrogen) atoms. The zero-order chi connectivity index (χ0) is 13.0. The number of aromatic amines is 1. The van der Waals surface area contributed by atoms with Gasteiger partial charge in [0.25, 0.3) is 0 Å². The van der Waals surface area contributed by atoms with E-state index in [4.69, 9.17) is 10.5 Å². The van der Waals surface area contributed by atoms with Crippen LogP contribution in [0.25, 0.3) is 0 Å². The number of hydrogen-bond donors (Lipinski definition) is 2. The Morgan fingerprint density at radius 2 is 2.17 bits per heavy atom. The number of ether oxygens (including phenoxy) is 1. The maximum Gasteiger partial charge on any atom is 0.313 e. The molecular weight excluding hydrogens is 230 g/mol. The van der Waals surface area contributed by atoms with Gasteiger partial charge in [-0.2, -0.15) is 5.10 Å². The first-order chi connectivity index (χ1) is 8.68. The summed E-state index contributed by atoms with van der Waals surface area (Å²) >= 11 is 0. The molecule has 0 bridgehead atoms. The first-order valence-corrected chi connectivity index (χ1v) is 5.68. The predicted molar refractivity (Wildman–Crippen MR) is 67.7 cm³/mol. The van der Waals surface area contributed by atoms with E-state index in [9.17, 15) is 4.79 Å². The summed E-state index contributed by atoms with van der Waals surface area (Å²) in [5.41, 5.74) is 7.28. The van der Waals surface area contributed by atoms with Crippen LogP contribution in [0.2, 0.25) is 0 Å². The Balaban J connectivity index is 1.95. The number of carbonyl (C=O) groups is 1. The van der Waals surface area contributed by atoms with E-state index >= 15 is 0 Å². The summed E-state index contributed by atoms with van der Waals surface area (Å²) in [6.45, 7) is 2.01. The van der Waals surface area contributed by atoms with E-state index in [1.165, 1.54) is 0 Å². The maximum absolute atomic E-state index is 11.8. The van der Waals surface area contributed by atoms with Gasteiger partial charge in [-0.25, -0.2) is 0 Å². The maximum atomic E-state index is 11.8. The van der Waals surface area contributed by atoms with Crippen LogP contribution >= 0.6 is 0 Å². The summed E-state index contributed by atoms with van der Waals surface area (Å²) in [5, 5.41) is 6.38. The number of nitrogens with two attached hydrogens (primary N) is 1. The second-order valence-corrected chi connectivity index (χ2v) is 4.05. The number of nitrogens with one attached hydrogen (secondary N) is 1. The van der Waals surface area contributed by atoms with Gasteiger partial charge in [0.05, 0.1) is 12.1 Å². The van der Waals surface area contributed by atoms with Crippen molar-refractivity contribution >= 4 is 11.8 Å². The molecule has 1 atom stereocenters. The summed E-state index contributed by atoms with van der Waals surface area (Å²) in [6, 6.07) is 9.54. The molecule has 0 aliphatic heterocycles. The van der Waals surface area contributed by atoms with Crippen molar-refractivity contribution in [3.05, 3.63) is 47.7 Å². The molecule has 0 amide bonds. The van der Waals surface area contributed by atoms with Crippen LogP contribution in [0.5, 0.6) is 0 Å². The van der Waals surface area contributed by atoms with Crippen LogP contribution in [0.15, 0.2) is 36.5 Å². The van der Waals surface area contributed by atoms with Crippen molar-refractivity contribution in [1.29, 1.82) is 0 Å².